The molecule has 0 amide bonds. The summed E-state index contributed by atoms with van der Waals surface area (Å²) < 4.78 is 12.8. The van der Waals surface area contributed by atoms with Crippen molar-refractivity contribution in [2.75, 3.05) is 6.61 Å². The molecule has 5 aliphatic rings. The summed E-state index contributed by atoms with van der Waals surface area (Å²) in [6.07, 6.45) is 18.6. The summed E-state index contributed by atoms with van der Waals surface area (Å²) in [5.74, 6) is 4.01. The summed E-state index contributed by atoms with van der Waals surface area (Å²) in [6.45, 7) is 16.9. The second-order valence-corrected chi connectivity index (χ2v) is 14.1. The molecule has 208 valence electrons. The molecule has 3 saturated carbocycles. The highest BCUT2D eigenvalue weighted by Crippen LogP contribution is 2.66. The number of fused-ring (bicyclic) bond motifs is 5. The highest BCUT2D eigenvalue weighted by atomic mass is 16.7. The smallest absolute Gasteiger partial charge is 0.177 e. The fourth-order valence-corrected chi connectivity index (χ4v) is 9.25. The molecular weight excluding hydrogens is 458 g/mol. The Hall–Kier alpha value is -1.13. The van der Waals surface area contributed by atoms with Crippen LogP contribution in [0.5, 0.6) is 0 Å². The van der Waals surface area contributed by atoms with Crippen LogP contribution in [-0.4, -0.2) is 30.8 Å². The first-order chi connectivity index (χ1) is 17.7. The van der Waals surface area contributed by atoms with Gasteiger partial charge in [0.1, 0.15) is 6.61 Å². The molecule has 1 heterocycles. The molecule has 0 bridgehead atoms. The lowest BCUT2D eigenvalue weighted by molar-refractivity contribution is -0.188. The summed E-state index contributed by atoms with van der Waals surface area (Å²) in [4.78, 5) is 5.72. The molecule has 10 atom stereocenters. The van der Waals surface area contributed by atoms with Crippen LogP contribution in [0.25, 0.3) is 0 Å². The van der Waals surface area contributed by atoms with Gasteiger partial charge in [0, 0.05) is 11.8 Å². The molecule has 0 saturated heterocycles. The van der Waals surface area contributed by atoms with Gasteiger partial charge in [0.15, 0.2) is 6.29 Å². The van der Waals surface area contributed by atoms with Crippen molar-refractivity contribution in [3.05, 3.63) is 23.8 Å². The van der Waals surface area contributed by atoms with Crippen LogP contribution in [0.3, 0.4) is 0 Å². The Bertz CT molecular complexity index is 907. The third kappa shape index (κ3) is 5.11. The van der Waals surface area contributed by atoms with Crippen LogP contribution >= 0.6 is 0 Å². The number of oxime groups is 1. The van der Waals surface area contributed by atoms with Gasteiger partial charge in [-0.3, -0.25) is 0 Å². The van der Waals surface area contributed by atoms with Gasteiger partial charge in [0.25, 0.3) is 0 Å². The minimum absolute atomic E-state index is 0.173. The Kier molecular flexibility index (Phi) is 8.01. The van der Waals surface area contributed by atoms with Gasteiger partial charge < -0.3 is 14.3 Å². The number of ether oxygens (including phenoxy) is 2. The maximum atomic E-state index is 6.54. The van der Waals surface area contributed by atoms with Crippen LogP contribution < -0.4 is 0 Å². The zero-order chi connectivity index (χ0) is 26.4. The van der Waals surface area contributed by atoms with E-state index in [-0.39, 0.29) is 18.5 Å². The standard InChI is InChI=1S/C33H53NO3/c1-8-30-22(4)9-14-31(37-30)36-25-15-17-32(6)24(19-25)10-11-26-28-13-12-27(23(5)34-35-20-21(2)3)33(28,7)18-16-29(26)32/h9-10,14,21-22,25-31H,8,11-13,15-20H2,1-7H3/b34-23+/t22-,25-,26?,27+,28?,29?,30+,31?,32-,33+/m0/s1. The summed E-state index contributed by atoms with van der Waals surface area (Å²) >= 11 is 0. The number of hydrogen-bond donors (Lipinski definition) is 0. The molecule has 4 unspecified atom stereocenters. The Labute approximate surface area is 226 Å². The first kappa shape index (κ1) is 27.4. The van der Waals surface area contributed by atoms with E-state index in [1.165, 1.54) is 44.2 Å². The SMILES string of the molecule is CC[C@H]1OC(O[C@H]2CC[C@@]3(C)C(=CCC4C3CC[C@@]3(C)C4CC[C@@H]3/C(C)=N/OCC(C)C)C2)C=C[C@@H]1C. The van der Waals surface area contributed by atoms with E-state index in [0.29, 0.717) is 35.2 Å². The Morgan fingerprint density at radius 2 is 1.92 bits per heavy atom. The highest BCUT2D eigenvalue weighted by molar-refractivity contribution is 5.85. The summed E-state index contributed by atoms with van der Waals surface area (Å²) in [5.41, 5.74) is 3.63. The van der Waals surface area contributed by atoms with Crippen molar-refractivity contribution in [3.8, 4) is 0 Å². The van der Waals surface area contributed by atoms with E-state index in [2.05, 4.69) is 71.8 Å². The first-order valence-corrected chi connectivity index (χ1v) is 15.5. The van der Waals surface area contributed by atoms with E-state index in [1.807, 2.05) is 0 Å². The Morgan fingerprint density at radius 1 is 1.11 bits per heavy atom. The van der Waals surface area contributed by atoms with E-state index in [4.69, 9.17) is 14.3 Å². The molecule has 0 aromatic carbocycles. The highest BCUT2D eigenvalue weighted by Gasteiger charge is 2.59. The predicted octanol–water partition coefficient (Wildman–Crippen LogP) is 8.33. The van der Waals surface area contributed by atoms with Crippen LogP contribution in [-0.2, 0) is 14.3 Å². The van der Waals surface area contributed by atoms with Crippen molar-refractivity contribution >= 4 is 5.71 Å². The lowest BCUT2D eigenvalue weighted by Crippen LogP contribution is -2.51. The quantitative estimate of drug-likeness (QED) is 0.196. The Balaban J connectivity index is 1.26. The molecule has 0 spiro atoms. The molecule has 4 heteroatoms. The predicted molar refractivity (Wildman–Crippen MR) is 151 cm³/mol. The monoisotopic (exact) mass is 511 g/mol. The molecule has 1 aliphatic heterocycles. The molecule has 5 rings (SSSR count). The molecule has 37 heavy (non-hydrogen) atoms. The average molecular weight is 512 g/mol. The summed E-state index contributed by atoms with van der Waals surface area (Å²) in [6, 6.07) is 0. The maximum absolute atomic E-state index is 6.54. The van der Waals surface area contributed by atoms with E-state index in [9.17, 15) is 0 Å². The van der Waals surface area contributed by atoms with Crippen molar-refractivity contribution in [1.29, 1.82) is 0 Å². The number of allylic oxidation sites excluding steroid dienone is 1. The molecule has 4 nitrogen and oxygen atoms in total. The van der Waals surface area contributed by atoms with Crippen LogP contribution in [0.1, 0.15) is 106 Å². The van der Waals surface area contributed by atoms with Crippen molar-refractivity contribution < 1.29 is 14.3 Å². The molecule has 0 aromatic heterocycles. The minimum atomic E-state index is -0.173. The molecular formula is C33H53NO3. The van der Waals surface area contributed by atoms with Crippen LogP contribution in [0.4, 0.5) is 0 Å². The number of nitrogens with zero attached hydrogens (tertiary/aromatic N) is 1. The van der Waals surface area contributed by atoms with Gasteiger partial charge in [-0.25, -0.2) is 0 Å². The van der Waals surface area contributed by atoms with E-state index >= 15 is 0 Å². The van der Waals surface area contributed by atoms with Crippen LogP contribution in [0.2, 0.25) is 0 Å². The van der Waals surface area contributed by atoms with Gasteiger partial charge in [-0.05, 0) is 105 Å². The zero-order valence-electron chi connectivity index (χ0n) is 24.7. The first-order valence-electron chi connectivity index (χ1n) is 15.5. The van der Waals surface area contributed by atoms with E-state index in [1.54, 1.807) is 5.57 Å². The lowest BCUT2D eigenvalue weighted by atomic mass is 9.47. The third-order valence-corrected chi connectivity index (χ3v) is 11.4. The van der Waals surface area contributed by atoms with Crippen molar-refractivity contribution in [3.63, 3.8) is 0 Å². The van der Waals surface area contributed by atoms with Crippen LogP contribution in [0, 0.1) is 46.3 Å². The summed E-state index contributed by atoms with van der Waals surface area (Å²) in [7, 11) is 0. The maximum Gasteiger partial charge on any atom is 0.177 e. The lowest BCUT2D eigenvalue weighted by Gasteiger charge is -2.58. The number of rotatable bonds is 7. The normalized spacial score (nSPS) is 45.7. The van der Waals surface area contributed by atoms with Crippen molar-refractivity contribution in [2.24, 2.45) is 51.5 Å². The summed E-state index contributed by atoms with van der Waals surface area (Å²) in [5, 5.41) is 4.61. The van der Waals surface area contributed by atoms with E-state index < -0.39 is 0 Å². The van der Waals surface area contributed by atoms with Gasteiger partial charge in [-0.1, -0.05) is 64.4 Å². The van der Waals surface area contributed by atoms with Gasteiger partial charge in [-0.15, -0.1) is 0 Å². The largest absolute Gasteiger partial charge is 0.396 e. The second kappa shape index (κ2) is 10.8. The van der Waals surface area contributed by atoms with Crippen LogP contribution in [0.15, 0.2) is 29.0 Å². The minimum Gasteiger partial charge on any atom is -0.396 e. The van der Waals surface area contributed by atoms with Crippen molar-refractivity contribution in [1.82, 2.24) is 0 Å². The topological polar surface area (TPSA) is 40.0 Å². The fraction of sp³-hybridized carbons (Fsp3) is 0.848. The molecule has 4 aliphatic carbocycles. The molecule has 0 aromatic rings. The van der Waals surface area contributed by atoms with E-state index in [0.717, 1.165) is 37.0 Å². The number of hydrogen-bond acceptors (Lipinski definition) is 4. The second-order valence-electron chi connectivity index (χ2n) is 14.1. The Morgan fingerprint density at radius 3 is 2.68 bits per heavy atom. The molecule has 0 N–H and O–H groups in total. The molecule has 3 fully saturated rings. The zero-order valence-corrected chi connectivity index (χ0v) is 24.7. The fourth-order valence-electron chi connectivity index (χ4n) is 9.25. The van der Waals surface area contributed by atoms with Gasteiger partial charge in [0.05, 0.1) is 17.9 Å². The van der Waals surface area contributed by atoms with Gasteiger partial charge >= 0.3 is 0 Å². The molecule has 0 radical (unpaired) electrons. The third-order valence-electron chi connectivity index (χ3n) is 11.4. The van der Waals surface area contributed by atoms with Gasteiger partial charge in [-0.2, -0.15) is 0 Å². The van der Waals surface area contributed by atoms with Crippen molar-refractivity contribution in [2.45, 2.75) is 125 Å². The van der Waals surface area contributed by atoms with Gasteiger partial charge in [0.2, 0.25) is 0 Å². The average Bonchev–Trinajstić information content (AvgIpc) is 3.22.